The largest absolute Gasteiger partial charge is 0.301 e. The summed E-state index contributed by atoms with van der Waals surface area (Å²) in [5.41, 5.74) is 1.28. The molecule has 3 nitrogen and oxygen atoms in total. The lowest BCUT2D eigenvalue weighted by Gasteiger charge is -2.04. The second kappa shape index (κ2) is 3.87. The van der Waals surface area contributed by atoms with Gasteiger partial charge in [-0.3, -0.25) is 5.10 Å². The number of aromatic amines is 1. The third-order valence-corrected chi connectivity index (χ3v) is 3.18. The molecule has 1 N–H and O–H groups in total. The van der Waals surface area contributed by atoms with Crippen molar-refractivity contribution in [1.29, 1.82) is 0 Å². The molecule has 0 amide bonds. The van der Waals surface area contributed by atoms with E-state index in [0.29, 0.717) is 6.04 Å². The molecule has 4 heteroatoms. The molecule has 1 aliphatic rings. The number of benzene rings is 1. The van der Waals surface area contributed by atoms with Crippen molar-refractivity contribution in [2.75, 3.05) is 0 Å². The molecular formula is C12H13N3S. The number of H-pyrrole nitrogens is 1. The first kappa shape index (κ1) is 9.78. The van der Waals surface area contributed by atoms with E-state index in [1.54, 1.807) is 0 Å². The Hall–Kier alpha value is -1.42. The highest BCUT2D eigenvalue weighted by molar-refractivity contribution is 7.71. The average molecular weight is 231 g/mol. The molecule has 1 aliphatic carbocycles. The normalized spacial score (nSPS) is 15.2. The van der Waals surface area contributed by atoms with Gasteiger partial charge >= 0.3 is 0 Å². The summed E-state index contributed by atoms with van der Waals surface area (Å²) >= 11 is 5.25. The fourth-order valence-electron chi connectivity index (χ4n) is 1.95. The van der Waals surface area contributed by atoms with E-state index in [4.69, 9.17) is 12.2 Å². The van der Waals surface area contributed by atoms with Crippen molar-refractivity contribution < 1.29 is 0 Å². The van der Waals surface area contributed by atoms with Crippen LogP contribution in [-0.2, 0) is 6.42 Å². The highest BCUT2D eigenvalue weighted by Crippen LogP contribution is 2.36. The van der Waals surface area contributed by atoms with Crippen molar-refractivity contribution in [2.24, 2.45) is 0 Å². The third-order valence-electron chi connectivity index (χ3n) is 2.89. The van der Waals surface area contributed by atoms with Crippen LogP contribution in [0.5, 0.6) is 0 Å². The van der Waals surface area contributed by atoms with E-state index >= 15 is 0 Å². The number of aromatic nitrogens is 3. The second-order valence-corrected chi connectivity index (χ2v) is 4.60. The maximum atomic E-state index is 5.25. The van der Waals surface area contributed by atoms with Gasteiger partial charge in [0.25, 0.3) is 0 Å². The van der Waals surface area contributed by atoms with Crippen molar-refractivity contribution in [3.63, 3.8) is 0 Å². The molecule has 2 aromatic rings. The minimum atomic E-state index is 0.588. The molecule has 0 spiro atoms. The fraction of sp³-hybridized carbons (Fsp3) is 0.333. The molecular weight excluding hydrogens is 218 g/mol. The average Bonchev–Trinajstić information content (AvgIpc) is 3.07. The number of nitrogens with one attached hydrogen (secondary N) is 1. The summed E-state index contributed by atoms with van der Waals surface area (Å²) in [6, 6.07) is 11.0. The predicted octanol–water partition coefficient (Wildman–Crippen LogP) is 2.87. The summed E-state index contributed by atoms with van der Waals surface area (Å²) in [5.74, 6) is 1.05. The highest BCUT2D eigenvalue weighted by Gasteiger charge is 2.26. The molecule has 1 heterocycles. The van der Waals surface area contributed by atoms with Gasteiger partial charge in [0.1, 0.15) is 5.82 Å². The Kier molecular flexibility index (Phi) is 2.36. The van der Waals surface area contributed by atoms with Gasteiger partial charge in [0.2, 0.25) is 0 Å². The molecule has 82 valence electrons. The lowest BCUT2D eigenvalue weighted by Crippen LogP contribution is -2.02. The van der Waals surface area contributed by atoms with Crippen LogP contribution in [0.15, 0.2) is 30.3 Å². The van der Waals surface area contributed by atoms with Gasteiger partial charge in [-0.15, -0.1) is 0 Å². The Morgan fingerprint density at radius 2 is 2.06 bits per heavy atom. The van der Waals surface area contributed by atoms with Crippen molar-refractivity contribution in [1.82, 2.24) is 14.8 Å². The molecule has 0 bridgehead atoms. The monoisotopic (exact) mass is 231 g/mol. The Morgan fingerprint density at radius 3 is 2.75 bits per heavy atom. The Labute approximate surface area is 99.1 Å². The molecule has 0 aliphatic heterocycles. The molecule has 0 saturated heterocycles. The lowest BCUT2D eigenvalue weighted by atomic mass is 10.1. The van der Waals surface area contributed by atoms with Gasteiger partial charge in [-0.1, -0.05) is 30.3 Å². The van der Waals surface area contributed by atoms with Crippen LogP contribution in [0, 0.1) is 4.77 Å². The summed E-state index contributed by atoms with van der Waals surface area (Å²) in [5, 5.41) is 7.21. The summed E-state index contributed by atoms with van der Waals surface area (Å²) in [6.45, 7) is 0. The van der Waals surface area contributed by atoms with Gasteiger partial charge in [-0.2, -0.15) is 5.10 Å². The van der Waals surface area contributed by atoms with Gasteiger partial charge in [0.05, 0.1) is 0 Å². The van der Waals surface area contributed by atoms with Crippen molar-refractivity contribution in [3.8, 4) is 0 Å². The number of hydrogen-bond acceptors (Lipinski definition) is 2. The maximum Gasteiger partial charge on any atom is 0.195 e. The van der Waals surface area contributed by atoms with Gasteiger partial charge in [0.15, 0.2) is 4.77 Å². The van der Waals surface area contributed by atoms with E-state index in [9.17, 15) is 0 Å². The zero-order valence-corrected chi connectivity index (χ0v) is 9.70. The summed E-state index contributed by atoms with van der Waals surface area (Å²) < 4.78 is 2.93. The second-order valence-electron chi connectivity index (χ2n) is 4.21. The standard InChI is InChI=1S/C12H13N3S/c16-12-14-13-11(15(12)10-6-7-10)8-9-4-2-1-3-5-9/h1-5,10H,6-8H2,(H,14,16). The number of hydrogen-bond donors (Lipinski definition) is 1. The van der Waals surface area contributed by atoms with E-state index in [-0.39, 0.29) is 0 Å². The first-order chi connectivity index (χ1) is 7.84. The smallest absolute Gasteiger partial charge is 0.195 e. The molecule has 3 rings (SSSR count). The van der Waals surface area contributed by atoms with E-state index in [1.165, 1.54) is 18.4 Å². The van der Waals surface area contributed by atoms with Crippen LogP contribution in [0.3, 0.4) is 0 Å². The van der Waals surface area contributed by atoms with Crippen molar-refractivity contribution in [3.05, 3.63) is 46.5 Å². The van der Waals surface area contributed by atoms with Crippen LogP contribution < -0.4 is 0 Å². The molecule has 0 unspecified atom stereocenters. The molecule has 1 aromatic heterocycles. The first-order valence-electron chi connectivity index (χ1n) is 5.54. The SMILES string of the molecule is S=c1[nH]nc(Cc2ccccc2)n1C1CC1. The minimum absolute atomic E-state index is 0.588. The summed E-state index contributed by atoms with van der Waals surface area (Å²) in [7, 11) is 0. The van der Waals surface area contributed by atoms with Crippen molar-refractivity contribution >= 4 is 12.2 Å². The summed E-state index contributed by atoms with van der Waals surface area (Å²) in [4.78, 5) is 0. The van der Waals surface area contributed by atoms with Gasteiger partial charge in [-0.05, 0) is 30.6 Å². The van der Waals surface area contributed by atoms with Crippen LogP contribution in [0.1, 0.15) is 30.3 Å². The molecule has 0 atom stereocenters. The zero-order valence-electron chi connectivity index (χ0n) is 8.89. The van der Waals surface area contributed by atoms with E-state index in [1.807, 2.05) is 6.07 Å². The van der Waals surface area contributed by atoms with Crippen LogP contribution in [0.25, 0.3) is 0 Å². The fourth-order valence-corrected chi connectivity index (χ4v) is 2.25. The van der Waals surface area contributed by atoms with E-state index < -0.39 is 0 Å². The maximum absolute atomic E-state index is 5.25. The molecule has 1 saturated carbocycles. The van der Waals surface area contributed by atoms with E-state index in [0.717, 1.165) is 17.0 Å². The van der Waals surface area contributed by atoms with Crippen LogP contribution in [0.2, 0.25) is 0 Å². The number of nitrogens with zero attached hydrogens (tertiary/aromatic N) is 2. The van der Waals surface area contributed by atoms with Crippen LogP contribution in [0.4, 0.5) is 0 Å². The summed E-state index contributed by atoms with van der Waals surface area (Å²) in [6.07, 6.45) is 3.32. The Balaban J connectivity index is 1.93. The zero-order chi connectivity index (χ0) is 11.0. The Bertz CT molecular complexity index is 537. The first-order valence-corrected chi connectivity index (χ1v) is 5.95. The third kappa shape index (κ3) is 1.80. The molecule has 16 heavy (non-hydrogen) atoms. The Morgan fingerprint density at radius 1 is 1.31 bits per heavy atom. The predicted molar refractivity (Wildman–Crippen MR) is 64.9 cm³/mol. The molecule has 0 radical (unpaired) electrons. The van der Waals surface area contributed by atoms with Crippen molar-refractivity contribution in [2.45, 2.75) is 25.3 Å². The topological polar surface area (TPSA) is 33.6 Å². The van der Waals surface area contributed by atoms with Gasteiger partial charge in [-0.25, -0.2) is 0 Å². The van der Waals surface area contributed by atoms with Gasteiger partial charge in [0, 0.05) is 12.5 Å². The molecule has 1 aromatic carbocycles. The highest BCUT2D eigenvalue weighted by atomic mass is 32.1. The van der Waals surface area contributed by atoms with Gasteiger partial charge < -0.3 is 4.57 Å². The van der Waals surface area contributed by atoms with Crippen LogP contribution in [-0.4, -0.2) is 14.8 Å². The molecule has 1 fully saturated rings. The quantitative estimate of drug-likeness (QED) is 0.824. The van der Waals surface area contributed by atoms with E-state index in [2.05, 4.69) is 39.0 Å². The van der Waals surface area contributed by atoms with Crippen LogP contribution >= 0.6 is 12.2 Å². The number of rotatable bonds is 3. The lowest BCUT2D eigenvalue weighted by molar-refractivity contribution is 0.686. The minimum Gasteiger partial charge on any atom is -0.301 e.